The summed E-state index contributed by atoms with van der Waals surface area (Å²) in [6.07, 6.45) is 2.40. The van der Waals surface area contributed by atoms with Crippen LogP contribution in [0.3, 0.4) is 0 Å². The Kier molecular flexibility index (Phi) is 3.88. The van der Waals surface area contributed by atoms with Crippen molar-refractivity contribution in [3.63, 3.8) is 0 Å². The van der Waals surface area contributed by atoms with Crippen LogP contribution in [0.5, 0.6) is 5.75 Å². The molecule has 2 N–H and O–H groups in total. The third kappa shape index (κ3) is 2.84. The molecule has 0 saturated heterocycles. The van der Waals surface area contributed by atoms with Crippen molar-refractivity contribution in [2.75, 3.05) is 12.4 Å². The van der Waals surface area contributed by atoms with Gasteiger partial charge in [-0.15, -0.1) is 0 Å². The number of ether oxygens (including phenoxy) is 1. The number of rotatable bonds is 3. The number of amides is 1. The Hall–Kier alpha value is -2.30. The first-order chi connectivity index (χ1) is 10.6. The van der Waals surface area contributed by atoms with Gasteiger partial charge in [-0.25, -0.2) is 4.98 Å². The van der Waals surface area contributed by atoms with Crippen LogP contribution in [-0.2, 0) is 17.6 Å². The molecule has 0 spiro atoms. The molecule has 3 rings (SSSR count). The van der Waals surface area contributed by atoms with E-state index in [1.54, 1.807) is 7.11 Å². The second kappa shape index (κ2) is 5.83. The summed E-state index contributed by atoms with van der Waals surface area (Å²) < 4.78 is 5.32. The molecule has 1 heterocycles. The van der Waals surface area contributed by atoms with Gasteiger partial charge in [0.25, 0.3) is 0 Å². The predicted molar refractivity (Wildman–Crippen MR) is 85.2 cm³/mol. The summed E-state index contributed by atoms with van der Waals surface area (Å²) in [6, 6.07) is 5.78. The normalized spacial score (nSPS) is 17.0. The minimum absolute atomic E-state index is 0.0300. The monoisotopic (exact) mass is 299 g/mol. The molecule has 22 heavy (non-hydrogen) atoms. The van der Waals surface area contributed by atoms with Crippen LogP contribution in [0.4, 0.5) is 5.69 Å². The number of H-pyrrole nitrogens is 1. The first-order valence-corrected chi connectivity index (χ1v) is 7.56. The van der Waals surface area contributed by atoms with Gasteiger partial charge in [-0.05, 0) is 44.4 Å². The quantitative estimate of drug-likeness (QED) is 0.916. The van der Waals surface area contributed by atoms with Crippen LogP contribution >= 0.6 is 0 Å². The average Bonchev–Trinajstić information content (AvgIpc) is 2.86. The van der Waals surface area contributed by atoms with Gasteiger partial charge < -0.3 is 15.0 Å². The summed E-state index contributed by atoms with van der Waals surface area (Å²) in [5.74, 6) is 1.62. The number of methoxy groups -OCH3 is 1. The van der Waals surface area contributed by atoms with E-state index in [-0.39, 0.29) is 11.8 Å². The van der Waals surface area contributed by atoms with Crippen LogP contribution in [0.2, 0.25) is 0 Å². The van der Waals surface area contributed by atoms with Crippen LogP contribution in [0.25, 0.3) is 0 Å². The van der Waals surface area contributed by atoms with Crippen molar-refractivity contribution in [2.45, 2.75) is 33.1 Å². The Balaban J connectivity index is 1.74. The molecule has 5 nitrogen and oxygen atoms in total. The highest BCUT2D eigenvalue weighted by Crippen LogP contribution is 2.28. The minimum atomic E-state index is -0.0300. The summed E-state index contributed by atoms with van der Waals surface area (Å²) in [4.78, 5) is 20.3. The van der Waals surface area contributed by atoms with Crippen molar-refractivity contribution < 1.29 is 9.53 Å². The van der Waals surface area contributed by atoms with Gasteiger partial charge in [0.1, 0.15) is 11.6 Å². The fraction of sp³-hybridized carbons (Fsp3) is 0.412. The van der Waals surface area contributed by atoms with Crippen LogP contribution in [-0.4, -0.2) is 23.0 Å². The SMILES string of the molecule is COc1ccc(C)cc1NC(=O)C1CCc2nc(C)[nH]c2C1. The van der Waals surface area contributed by atoms with E-state index in [0.717, 1.165) is 47.7 Å². The number of carbonyl (C=O) groups is 1. The van der Waals surface area contributed by atoms with Gasteiger partial charge in [-0.2, -0.15) is 0 Å². The van der Waals surface area contributed by atoms with E-state index < -0.39 is 0 Å². The molecule has 1 atom stereocenters. The maximum Gasteiger partial charge on any atom is 0.227 e. The maximum atomic E-state index is 12.6. The summed E-state index contributed by atoms with van der Waals surface area (Å²) in [7, 11) is 1.61. The fourth-order valence-electron chi connectivity index (χ4n) is 3.00. The number of benzene rings is 1. The zero-order valence-corrected chi connectivity index (χ0v) is 13.2. The number of nitrogens with zero attached hydrogens (tertiary/aromatic N) is 1. The number of nitrogens with one attached hydrogen (secondary N) is 2. The Labute approximate surface area is 130 Å². The van der Waals surface area contributed by atoms with Crippen molar-refractivity contribution in [2.24, 2.45) is 5.92 Å². The first kappa shape index (κ1) is 14.6. The summed E-state index contributed by atoms with van der Waals surface area (Å²) in [5.41, 5.74) is 4.03. The smallest absolute Gasteiger partial charge is 0.227 e. The Morgan fingerprint density at radius 3 is 3.00 bits per heavy atom. The number of hydrogen-bond acceptors (Lipinski definition) is 3. The lowest BCUT2D eigenvalue weighted by Gasteiger charge is -2.21. The first-order valence-electron chi connectivity index (χ1n) is 7.56. The zero-order chi connectivity index (χ0) is 15.7. The highest BCUT2D eigenvalue weighted by Gasteiger charge is 2.27. The van der Waals surface area contributed by atoms with Crippen molar-refractivity contribution >= 4 is 11.6 Å². The molecule has 1 amide bonds. The molecule has 0 saturated carbocycles. The average molecular weight is 299 g/mol. The second-order valence-electron chi connectivity index (χ2n) is 5.88. The molecule has 1 unspecified atom stereocenters. The largest absolute Gasteiger partial charge is 0.495 e. The van der Waals surface area contributed by atoms with Crippen LogP contribution in [0.15, 0.2) is 18.2 Å². The van der Waals surface area contributed by atoms with E-state index in [0.29, 0.717) is 5.75 Å². The molecule has 5 heteroatoms. The van der Waals surface area contributed by atoms with Gasteiger partial charge in [-0.3, -0.25) is 4.79 Å². The van der Waals surface area contributed by atoms with Gasteiger partial charge in [0, 0.05) is 18.0 Å². The Bertz CT molecular complexity index is 706. The van der Waals surface area contributed by atoms with E-state index in [1.165, 1.54) is 0 Å². The Morgan fingerprint density at radius 2 is 2.23 bits per heavy atom. The third-order valence-electron chi connectivity index (χ3n) is 4.15. The van der Waals surface area contributed by atoms with Crippen molar-refractivity contribution in [3.8, 4) is 5.75 Å². The van der Waals surface area contributed by atoms with Gasteiger partial charge in [-0.1, -0.05) is 6.07 Å². The molecule has 2 aromatic rings. The highest BCUT2D eigenvalue weighted by molar-refractivity contribution is 5.94. The lowest BCUT2D eigenvalue weighted by molar-refractivity contribution is -0.120. The number of carbonyl (C=O) groups excluding carboxylic acids is 1. The molecule has 0 radical (unpaired) electrons. The highest BCUT2D eigenvalue weighted by atomic mass is 16.5. The second-order valence-corrected chi connectivity index (χ2v) is 5.88. The van der Waals surface area contributed by atoms with Crippen LogP contribution < -0.4 is 10.1 Å². The molecular weight excluding hydrogens is 278 g/mol. The maximum absolute atomic E-state index is 12.6. The number of hydrogen-bond donors (Lipinski definition) is 2. The molecule has 1 aromatic carbocycles. The van der Waals surface area contributed by atoms with Crippen LogP contribution in [0.1, 0.15) is 29.2 Å². The molecule has 0 bridgehead atoms. The molecule has 116 valence electrons. The van der Waals surface area contributed by atoms with Gasteiger partial charge >= 0.3 is 0 Å². The lowest BCUT2D eigenvalue weighted by atomic mass is 9.89. The molecular formula is C17H21N3O2. The Morgan fingerprint density at radius 1 is 1.41 bits per heavy atom. The number of fused-ring (bicyclic) bond motifs is 1. The molecule has 0 fully saturated rings. The predicted octanol–water partition coefficient (Wildman–Crippen LogP) is 2.78. The van der Waals surface area contributed by atoms with Gasteiger partial charge in [0.15, 0.2) is 0 Å². The number of aryl methyl sites for hydroxylation is 3. The minimum Gasteiger partial charge on any atom is -0.495 e. The lowest BCUT2D eigenvalue weighted by Crippen LogP contribution is -2.28. The molecule has 0 aliphatic heterocycles. The summed E-state index contributed by atoms with van der Waals surface area (Å²) >= 11 is 0. The van der Waals surface area contributed by atoms with Crippen molar-refractivity contribution in [1.82, 2.24) is 9.97 Å². The number of aromatic amines is 1. The topological polar surface area (TPSA) is 67.0 Å². The van der Waals surface area contributed by atoms with E-state index in [4.69, 9.17) is 4.74 Å². The molecule has 1 aromatic heterocycles. The third-order valence-corrected chi connectivity index (χ3v) is 4.15. The zero-order valence-electron chi connectivity index (χ0n) is 13.2. The van der Waals surface area contributed by atoms with E-state index >= 15 is 0 Å². The van der Waals surface area contributed by atoms with E-state index in [1.807, 2.05) is 32.0 Å². The van der Waals surface area contributed by atoms with E-state index in [9.17, 15) is 4.79 Å². The van der Waals surface area contributed by atoms with Crippen LogP contribution in [0, 0.1) is 19.8 Å². The van der Waals surface area contributed by atoms with Crippen molar-refractivity contribution in [3.05, 3.63) is 41.0 Å². The molecule has 1 aliphatic carbocycles. The number of imidazole rings is 1. The molecule has 1 aliphatic rings. The number of anilines is 1. The van der Waals surface area contributed by atoms with Crippen molar-refractivity contribution in [1.29, 1.82) is 0 Å². The number of aromatic nitrogens is 2. The fourth-order valence-corrected chi connectivity index (χ4v) is 3.00. The van der Waals surface area contributed by atoms with E-state index in [2.05, 4.69) is 15.3 Å². The van der Waals surface area contributed by atoms with Gasteiger partial charge in [0.2, 0.25) is 5.91 Å². The van der Waals surface area contributed by atoms with Gasteiger partial charge in [0.05, 0.1) is 18.5 Å². The summed E-state index contributed by atoms with van der Waals surface area (Å²) in [6.45, 7) is 3.94. The summed E-state index contributed by atoms with van der Waals surface area (Å²) in [5, 5.41) is 3.01. The standard InChI is InChI=1S/C17H21N3O2/c1-10-4-7-16(22-3)15(8-10)20-17(21)12-5-6-13-14(9-12)19-11(2)18-13/h4,7-8,12H,5-6,9H2,1-3H3,(H,18,19)(H,20,21).